The molecule has 12 nitrogen and oxygen atoms in total. The Kier molecular flexibility index (Phi) is 11.1. The lowest BCUT2D eigenvalue weighted by atomic mass is 9.98. The third-order valence-corrected chi connectivity index (χ3v) is 7.07. The van der Waals surface area contributed by atoms with Crippen LogP contribution < -0.4 is 16.0 Å². The zero-order chi connectivity index (χ0) is 33.3. The number of benzene rings is 2. The maximum Gasteiger partial charge on any atom is 0.313 e. The highest BCUT2D eigenvalue weighted by molar-refractivity contribution is 6.07. The summed E-state index contributed by atoms with van der Waals surface area (Å²) in [7, 11) is 1.92. The number of anilines is 2. The second kappa shape index (κ2) is 15.2. The van der Waals surface area contributed by atoms with Gasteiger partial charge in [-0.05, 0) is 81.8 Å². The molecule has 1 amide bonds. The number of hydrogen-bond acceptors (Lipinski definition) is 9. The summed E-state index contributed by atoms with van der Waals surface area (Å²) in [5.41, 5.74) is 8.99. The SMILES string of the molecule is CCCOC(=O)CCN(C(=O)c1ccc2c(c1)nc(CNc1ccc(/C(N)=N/COC(=O)C(C)(C)C)cc1)n2C)c1ccccn1. The average Bonchev–Trinajstić information content (AvgIpc) is 3.37. The summed E-state index contributed by atoms with van der Waals surface area (Å²) in [5, 5.41) is 3.36. The van der Waals surface area contributed by atoms with Gasteiger partial charge in [-0.1, -0.05) is 13.0 Å². The number of imidazole rings is 1. The monoisotopic (exact) mass is 627 g/mol. The number of hydrogen-bond donors (Lipinski definition) is 2. The fourth-order valence-corrected chi connectivity index (χ4v) is 4.43. The number of aryl methyl sites for hydroxylation is 1. The van der Waals surface area contributed by atoms with Crippen molar-refractivity contribution in [2.75, 3.05) is 30.1 Å². The topological polar surface area (TPSA) is 154 Å². The van der Waals surface area contributed by atoms with Crippen molar-refractivity contribution in [2.24, 2.45) is 23.2 Å². The second-order valence-corrected chi connectivity index (χ2v) is 11.7. The van der Waals surface area contributed by atoms with Crippen molar-refractivity contribution >= 4 is 46.2 Å². The predicted molar refractivity (Wildman–Crippen MR) is 177 cm³/mol. The Bertz CT molecular complexity index is 1690. The number of carbonyl (C=O) groups excluding carboxylic acids is 3. The zero-order valence-electron chi connectivity index (χ0n) is 26.9. The number of aromatic nitrogens is 3. The van der Waals surface area contributed by atoms with Gasteiger partial charge < -0.3 is 25.1 Å². The lowest BCUT2D eigenvalue weighted by molar-refractivity contribution is -0.152. The van der Waals surface area contributed by atoms with E-state index < -0.39 is 5.41 Å². The predicted octanol–water partition coefficient (Wildman–Crippen LogP) is 4.82. The molecule has 3 N–H and O–H groups in total. The first kappa shape index (κ1) is 33.6. The molecule has 0 atom stereocenters. The highest BCUT2D eigenvalue weighted by atomic mass is 16.5. The van der Waals surface area contributed by atoms with Gasteiger partial charge in [-0.3, -0.25) is 19.3 Å². The van der Waals surface area contributed by atoms with Crippen molar-refractivity contribution in [3.05, 3.63) is 83.8 Å². The number of ether oxygens (including phenoxy) is 2. The van der Waals surface area contributed by atoms with E-state index in [2.05, 4.69) is 15.3 Å². The van der Waals surface area contributed by atoms with Gasteiger partial charge in [0.15, 0.2) is 6.73 Å². The van der Waals surface area contributed by atoms with Crippen LogP contribution in [0, 0.1) is 5.41 Å². The Labute approximate surface area is 268 Å². The first-order valence-corrected chi connectivity index (χ1v) is 15.1. The summed E-state index contributed by atoms with van der Waals surface area (Å²) in [6, 6.07) is 18.1. The molecule has 12 heteroatoms. The summed E-state index contributed by atoms with van der Waals surface area (Å²) < 4.78 is 12.3. The number of esters is 2. The Balaban J connectivity index is 1.43. The minimum atomic E-state index is -0.607. The van der Waals surface area contributed by atoms with Crippen molar-refractivity contribution < 1.29 is 23.9 Å². The fourth-order valence-electron chi connectivity index (χ4n) is 4.43. The Hall–Kier alpha value is -5.26. The molecule has 0 saturated carbocycles. The third kappa shape index (κ3) is 8.68. The van der Waals surface area contributed by atoms with Crippen LogP contribution in [0.2, 0.25) is 0 Å². The highest BCUT2D eigenvalue weighted by Crippen LogP contribution is 2.22. The maximum absolute atomic E-state index is 13.7. The first-order chi connectivity index (χ1) is 22.0. The molecule has 2 aromatic carbocycles. The van der Waals surface area contributed by atoms with Gasteiger partial charge in [0.05, 0.1) is 36.0 Å². The van der Waals surface area contributed by atoms with Gasteiger partial charge >= 0.3 is 11.9 Å². The minimum Gasteiger partial charge on any atom is -0.466 e. The van der Waals surface area contributed by atoms with Crippen LogP contribution in [0.5, 0.6) is 0 Å². The highest BCUT2D eigenvalue weighted by Gasteiger charge is 2.23. The van der Waals surface area contributed by atoms with Crippen LogP contribution in [0.3, 0.4) is 0 Å². The summed E-state index contributed by atoms with van der Waals surface area (Å²) in [6.07, 6.45) is 2.39. The molecule has 0 aliphatic rings. The van der Waals surface area contributed by atoms with E-state index in [9.17, 15) is 14.4 Å². The normalized spacial score (nSPS) is 11.7. The molecule has 0 aliphatic heterocycles. The van der Waals surface area contributed by atoms with Crippen molar-refractivity contribution in [1.29, 1.82) is 0 Å². The number of rotatable bonds is 13. The number of amides is 1. The quantitative estimate of drug-likeness (QED) is 0.121. The van der Waals surface area contributed by atoms with Crippen molar-refractivity contribution in [3.63, 3.8) is 0 Å². The van der Waals surface area contributed by atoms with E-state index in [1.54, 1.807) is 57.3 Å². The molecule has 0 bridgehead atoms. The number of nitrogens with zero attached hydrogens (tertiary/aromatic N) is 5. The van der Waals surface area contributed by atoms with Crippen LogP contribution >= 0.6 is 0 Å². The number of nitrogens with two attached hydrogens (primary N) is 1. The molecule has 2 heterocycles. The zero-order valence-corrected chi connectivity index (χ0v) is 26.9. The number of aliphatic imine (C=N–C) groups is 1. The van der Waals surface area contributed by atoms with Crippen molar-refractivity contribution in [2.45, 2.75) is 47.1 Å². The van der Waals surface area contributed by atoms with E-state index in [1.165, 1.54) is 4.90 Å². The van der Waals surface area contributed by atoms with Crippen molar-refractivity contribution in [1.82, 2.24) is 14.5 Å². The van der Waals surface area contributed by atoms with Gasteiger partial charge in [-0.15, -0.1) is 0 Å². The maximum atomic E-state index is 13.7. The number of amidine groups is 1. The van der Waals surface area contributed by atoms with E-state index in [0.29, 0.717) is 35.6 Å². The summed E-state index contributed by atoms with van der Waals surface area (Å²) in [5.74, 6) is 0.492. The molecule has 0 unspecified atom stereocenters. The van der Waals surface area contributed by atoms with Gasteiger partial charge in [0.25, 0.3) is 5.91 Å². The largest absolute Gasteiger partial charge is 0.466 e. The fraction of sp³-hybridized carbons (Fsp3) is 0.353. The standard InChI is InChI=1S/C34H41N7O5/c1-6-19-45-30(42)16-18-41(28-9-7-8-17-36-28)32(43)24-12-15-27-26(20-24)39-29(40(27)5)21-37-25-13-10-23(11-14-25)31(35)38-22-46-33(44)34(2,3)4/h7-15,17,20,37H,6,16,18-19,21-22H2,1-5H3,(H2,35,38). The number of fused-ring (bicyclic) bond motifs is 1. The molecule has 0 saturated heterocycles. The van der Waals surface area contributed by atoms with E-state index in [0.717, 1.165) is 23.4 Å². The Morgan fingerprint density at radius 1 is 1.02 bits per heavy atom. The van der Waals surface area contributed by atoms with E-state index in [-0.39, 0.29) is 43.4 Å². The summed E-state index contributed by atoms with van der Waals surface area (Å²) in [6.45, 7) is 8.02. The van der Waals surface area contributed by atoms with Gasteiger partial charge in [0, 0.05) is 36.6 Å². The second-order valence-electron chi connectivity index (χ2n) is 11.7. The molecule has 0 fully saturated rings. The molecule has 242 valence electrons. The first-order valence-electron chi connectivity index (χ1n) is 15.1. The van der Waals surface area contributed by atoms with Crippen LogP contribution in [-0.4, -0.2) is 58.1 Å². The van der Waals surface area contributed by atoms with Gasteiger partial charge in [0.2, 0.25) is 0 Å². The molecule has 0 radical (unpaired) electrons. The summed E-state index contributed by atoms with van der Waals surface area (Å²) in [4.78, 5) is 52.5. The Morgan fingerprint density at radius 2 is 1.76 bits per heavy atom. The van der Waals surface area contributed by atoms with Gasteiger partial charge in [-0.2, -0.15) is 0 Å². The van der Waals surface area contributed by atoms with Crippen molar-refractivity contribution in [3.8, 4) is 0 Å². The van der Waals surface area contributed by atoms with Crippen LogP contribution in [-0.2, 0) is 32.7 Å². The molecule has 0 aliphatic carbocycles. The van der Waals surface area contributed by atoms with E-state index >= 15 is 0 Å². The van der Waals surface area contributed by atoms with Crippen LogP contribution in [0.4, 0.5) is 11.5 Å². The van der Waals surface area contributed by atoms with Gasteiger partial charge in [0.1, 0.15) is 17.5 Å². The molecule has 2 aromatic heterocycles. The van der Waals surface area contributed by atoms with Crippen LogP contribution in [0.1, 0.15) is 62.3 Å². The smallest absolute Gasteiger partial charge is 0.313 e. The summed E-state index contributed by atoms with van der Waals surface area (Å²) >= 11 is 0. The lowest BCUT2D eigenvalue weighted by Gasteiger charge is -2.21. The van der Waals surface area contributed by atoms with Crippen LogP contribution in [0.15, 0.2) is 71.9 Å². The molecule has 4 rings (SSSR count). The van der Waals surface area contributed by atoms with Gasteiger partial charge in [-0.25, -0.2) is 15.0 Å². The number of pyridine rings is 1. The Morgan fingerprint density at radius 3 is 2.43 bits per heavy atom. The van der Waals surface area contributed by atoms with E-state index in [4.69, 9.17) is 20.2 Å². The van der Waals surface area contributed by atoms with Crippen LogP contribution in [0.25, 0.3) is 11.0 Å². The molecule has 0 spiro atoms. The molecular weight excluding hydrogens is 586 g/mol. The molecule has 46 heavy (non-hydrogen) atoms. The third-order valence-electron chi connectivity index (χ3n) is 7.07. The van der Waals surface area contributed by atoms with E-state index in [1.807, 2.05) is 48.9 Å². The molecular formula is C34H41N7O5. The minimum absolute atomic E-state index is 0.0528. The lowest BCUT2D eigenvalue weighted by Crippen LogP contribution is -2.34. The number of carbonyl (C=O) groups is 3. The number of nitrogens with one attached hydrogen (secondary N) is 1. The molecule has 4 aromatic rings. The average molecular weight is 628 g/mol.